The van der Waals surface area contributed by atoms with Gasteiger partial charge < -0.3 is 4.74 Å². The van der Waals surface area contributed by atoms with Crippen LogP contribution in [0.3, 0.4) is 0 Å². The molecule has 4 aromatic carbocycles. The molecule has 1 amide bonds. The first-order chi connectivity index (χ1) is 15.1. The lowest BCUT2D eigenvalue weighted by atomic mass is 10.1. The molecule has 1 N–H and O–H groups in total. The van der Waals surface area contributed by atoms with Crippen LogP contribution in [0.5, 0.6) is 5.75 Å². The monoisotopic (exact) mass is 448 g/mol. The fraction of sp³-hybridized carbons (Fsp3) is 0.0400. The van der Waals surface area contributed by atoms with Crippen molar-refractivity contribution in [1.29, 1.82) is 0 Å². The molecule has 0 bridgehead atoms. The summed E-state index contributed by atoms with van der Waals surface area (Å²) in [4.78, 5) is 12.1. The van der Waals surface area contributed by atoms with Crippen LogP contribution < -0.4 is 10.2 Å². The summed E-state index contributed by atoms with van der Waals surface area (Å²) in [6, 6.07) is 26.6. The Hall–Kier alpha value is -3.34. The molecule has 0 saturated heterocycles. The van der Waals surface area contributed by atoms with Gasteiger partial charge in [-0.25, -0.2) is 5.43 Å². The van der Waals surface area contributed by atoms with Crippen molar-refractivity contribution in [2.24, 2.45) is 5.10 Å². The van der Waals surface area contributed by atoms with E-state index in [9.17, 15) is 4.79 Å². The van der Waals surface area contributed by atoms with Gasteiger partial charge in [0.25, 0.3) is 5.91 Å². The number of carbonyl (C=O) groups is 1. The Morgan fingerprint density at radius 2 is 1.68 bits per heavy atom. The van der Waals surface area contributed by atoms with Gasteiger partial charge in [-0.2, -0.15) is 5.10 Å². The molecule has 4 rings (SSSR count). The number of nitrogens with one attached hydrogen (secondary N) is 1. The predicted octanol–water partition coefficient (Wildman–Crippen LogP) is 6.49. The first-order valence-corrected chi connectivity index (χ1v) is 10.3. The van der Waals surface area contributed by atoms with Crippen LogP contribution in [0.15, 0.2) is 90.0 Å². The van der Waals surface area contributed by atoms with Crippen molar-refractivity contribution >= 4 is 46.1 Å². The zero-order valence-corrected chi connectivity index (χ0v) is 17.9. The zero-order valence-electron chi connectivity index (χ0n) is 16.4. The third-order valence-electron chi connectivity index (χ3n) is 4.72. The highest BCUT2D eigenvalue weighted by Crippen LogP contribution is 2.23. The zero-order chi connectivity index (χ0) is 21.6. The molecule has 0 unspecified atom stereocenters. The summed E-state index contributed by atoms with van der Waals surface area (Å²) in [5, 5.41) is 7.08. The van der Waals surface area contributed by atoms with Gasteiger partial charge in [-0.15, -0.1) is 0 Å². The number of hydrazone groups is 1. The van der Waals surface area contributed by atoms with Crippen LogP contribution in [-0.4, -0.2) is 12.1 Å². The molecule has 0 aromatic heterocycles. The van der Waals surface area contributed by atoms with Crippen LogP contribution in [0.2, 0.25) is 10.0 Å². The van der Waals surface area contributed by atoms with Crippen molar-refractivity contribution in [2.45, 2.75) is 6.61 Å². The van der Waals surface area contributed by atoms with Crippen LogP contribution in [0, 0.1) is 0 Å². The summed E-state index contributed by atoms with van der Waals surface area (Å²) in [6.45, 7) is 0.481. The normalized spacial score (nSPS) is 11.0. The van der Waals surface area contributed by atoms with Gasteiger partial charge in [0.2, 0.25) is 0 Å². The van der Waals surface area contributed by atoms with Gasteiger partial charge in [0, 0.05) is 5.56 Å². The van der Waals surface area contributed by atoms with Crippen LogP contribution in [0.25, 0.3) is 10.8 Å². The molecule has 0 fully saturated rings. The van der Waals surface area contributed by atoms with E-state index in [1.54, 1.807) is 18.3 Å². The molecular formula is C25H18Cl2N2O2. The summed E-state index contributed by atoms with van der Waals surface area (Å²) < 4.78 is 5.94. The fourth-order valence-electron chi connectivity index (χ4n) is 3.10. The second-order valence-corrected chi connectivity index (χ2v) is 7.64. The Morgan fingerprint density at radius 3 is 2.48 bits per heavy atom. The average molecular weight is 449 g/mol. The largest absolute Gasteiger partial charge is 0.489 e. The van der Waals surface area contributed by atoms with Crippen LogP contribution >= 0.6 is 23.2 Å². The smallest absolute Gasteiger partial charge is 0.271 e. The maximum atomic E-state index is 12.1. The number of hydrogen-bond donors (Lipinski definition) is 1. The minimum absolute atomic E-state index is 0.317. The summed E-state index contributed by atoms with van der Waals surface area (Å²) in [6.07, 6.45) is 1.56. The van der Waals surface area contributed by atoms with Crippen LogP contribution in [-0.2, 0) is 6.61 Å². The predicted molar refractivity (Wildman–Crippen MR) is 126 cm³/mol. The van der Waals surface area contributed by atoms with Gasteiger partial charge in [0.15, 0.2) is 0 Å². The fourth-order valence-corrected chi connectivity index (χ4v) is 3.40. The molecule has 31 heavy (non-hydrogen) atoms. The molecule has 0 atom stereocenters. The topological polar surface area (TPSA) is 50.7 Å². The maximum Gasteiger partial charge on any atom is 0.271 e. The van der Waals surface area contributed by atoms with Crippen LogP contribution in [0.1, 0.15) is 21.5 Å². The van der Waals surface area contributed by atoms with E-state index in [1.165, 1.54) is 16.8 Å². The number of hydrogen-bond acceptors (Lipinski definition) is 3. The Morgan fingerprint density at radius 1 is 0.903 bits per heavy atom. The number of benzene rings is 4. The van der Waals surface area contributed by atoms with E-state index in [-0.39, 0.29) is 5.91 Å². The van der Waals surface area contributed by atoms with E-state index in [2.05, 4.69) is 34.8 Å². The second-order valence-electron chi connectivity index (χ2n) is 6.82. The quantitative estimate of drug-likeness (QED) is 0.270. The van der Waals surface area contributed by atoms with E-state index in [0.717, 1.165) is 16.9 Å². The third kappa shape index (κ3) is 5.23. The first kappa shape index (κ1) is 20.9. The second kappa shape index (κ2) is 9.65. The highest BCUT2D eigenvalue weighted by Gasteiger charge is 2.07. The van der Waals surface area contributed by atoms with E-state index >= 15 is 0 Å². The van der Waals surface area contributed by atoms with Crippen molar-refractivity contribution in [3.63, 3.8) is 0 Å². The molecular weight excluding hydrogens is 431 g/mol. The van der Waals surface area contributed by atoms with E-state index in [1.807, 2.05) is 42.5 Å². The van der Waals surface area contributed by atoms with Crippen LogP contribution in [0.4, 0.5) is 0 Å². The lowest BCUT2D eigenvalue weighted by Gasteiger charge is -2.09. The molecule has 0 spiro atoms. The lowest BCUT2D eigenvalue weighted by Crippen LogP contribution is -2.17. The van der Waals surface area contributed by atoms with Gasteiger partial charge >= 0.3 is 0 Å². The van der Waals surface area contributed by atoms with Crippen molar-refractivity contribution in [1.82, 2.24) is 5.43 Å². The van der Waals surface area contributed by atoms with Gasteiger partial charge in [0.1, 0.15) is 12.4 Å². The summed E-state index contributed by atoms with van der Waals surface area (Å²) in [5.74, 6) is 0.384. The maximum absolute atomic E-state index is 12.1. The number of nitrogens with zero attached hydrogens (tertiary/aromatic N) is 1. The summed E-state index contributed by atoms with van der Waals surface area (Å²) >= 11 is 11.8. The molecule has 0 saturated carbocycles. The van der Waals surface area contributed by atoms with Gasteiger partial charge in [-0.3, -0.25) is 4.79 Å². The van der Waals surface area contributed by atoms with Crippen molar-refractivity contribution in [2.75, 3.05) is 0 Å². The Kier molecular flexibility index (Phi) is 6.51. The Bertz CT molecular complexity index is 1250. The van der Waals surface area contributed by atoms with E-state index in [0.29, 0.717) is 22.2 Å². The number of fused-ring (bicyclic) bond motifs is 1. The van der Waals surface area contributed by atoms with E-state index in [4.69, 9.17) is 27.9 Å². The highest BCUT2D eigenvalue weighted by atomic mass is 35.5. The Balaban J connectivity index is 1.34. The number of amides is 1. The van der Waals surface area contributed by atoms with Gasteiger partial charge in [-0.05, 0) is 64.4 Å². The third-order valence-corrected chi connectivity index (χ3v) is 5.45. The van der Waals surface area contributed by atoms with Crippen molar-refractivity contribution < 1.29 is 9.53 Å². The lowest BCUT2D eigenvalue weighted by molar-refractivity contribution is 0.0955. The average Bonchev–Trinajstić information content (AvgIpc) is 2.80. The van der Waals surface area contributed by atoms with Gasteiger partial charge in [-0.1, -0.05) is 65.7 Å². The minimum atomic E-state index is -0.371. The minimum Gasteiger partial charge on any atom is -0.489 e. The molecule has 0 radical (unpaired) electrons. The Labute approximate surface area is 190 Å². The van der Waals surface area contributed by atoms with E-state index < -0.39 is 0 Å². The number of rotatable bonds is 6. The van der Waals surface area contributed by atoms with Gasteiger partial charge in [0.05, 0.1) is 16.3 Å². The van der Waals surface area contributed by atoms with Crippen molar-refractivity contribution in [3.05, 3.63) is 112 Å². The molecule has 6 heteroatoms. The highest BCUT2D eigenvalue weighted by molar-refractivity contribution is 6.42. The molecule has 4 nitrogen and oxygen atoms in total. The van der Waals surface area contributed by atoms with Crippen molar-refractivity contribution in [3.8, 4) is 5.75 Å². The number of ether oxygens (including phenoxy) is 1. The molecule has 154 valence electrons. The SMILES string of the molecule is O=C(N/N=C/c1ccc(OCc2cccc3ccccc23)cc1)c1ccc(Cl)c(Cl)c1. The summed E-state index contributed by atoms with van der Waals surface area (Å²) in [5.41, 5.74) is 4.81. The summed E-state index contributed by atoms with van der Waals surface area (Å²) in [7, 11) is 0. The standard InChI is InChI=1S/C25H18Cl2N2O2/c26-23-13-10-19(14-24(23)27)25(30)29-28-15-17-8-11-21(12-9-17)31-16-20-6-3-5-18-4-1-2-7-22(18)20/h1-15H,16H2,(H,29,30)/b28-15+. The molecule has 0 heterocycles. The number of carbonyl (C=O) groups excluding carboxylic acids is 1. The molecule has 0 aliphatic rings. The first-order valence-electron chi connectivity index (χ1n) is 9.58. The number of halogens is 2. The molecule has 0 aliphatic carbocycles. The molecule has 0 aliphatic heterocycles. The molecule has 4 aromatic rings.